The summed E-state index contributed by atoms with van der Waals surface area (Å²) >= 11 is 0. The van der Waals surface area contributed by atoms with Crippen LogP contribution in [-0.4, -0.2) is 33.0 Å². The van der Waals surface area contributed by atoms with Crippen molar-refractivity contribution in [2.75, 3.05) is 12.4 Å². The molecule has 0 aliphatic heterocycles. The van der Waals surface area contributed by atoms with Gasteiger partial charge < -0.3 is 4.74 Å². The lowest BCUT2D eigenvalue weighted by molar-refractivity contribution is 0.0598. The second kappa shape index (κ2) is 6.43. The molecule has 0 aliphatic rings. The minimum Gasteiger partial charge on any atom is -0.465 e. The lowest BCUT2D eigenvalue weighted by atomic mass is 10.1. The van der Waals surface area contributed by atoms with Crippen molar-refractivity contribution in [1.29, 1.82) is 0 Å². The zero-order chi connectivity index (χ0) is 18.1. The molecule has 7 heteroatoms. The molecule has 2 aromatic heterocycles. The molecule has 3 aromatic rings. The highest BCUT2D eigenvalue weighted by atomic mass is 16.5. The summed E-state index contributed by atoms with van der Waals surface area (Å²) in [5, 5.41) is 4.05. The van der Waals surface area contributed by atoms with Crippen molar-refractivity contribution >= 4 is 28.8 Å². The Morgan fingerprint density at radius 3 is 2.16 bits per heavy atom. The van der Waals surface area contributed by atoms with E-state index in [4.69, 9.17) is 4.74 Å². The number of aryl methyl sites for hydroxylation is 4. The number of aromatic nitrogens is 4. The average molecular weight is 337 g/mol. The molecule has 2 heterocycles. The predicted octanol–water partition coefficient (Wildman–Crippen LogP) is 3.18. The topological polar surface area (TPSA) is 89.9 Å². The monoisotopic (exact) mass is 337 g/mol. The molecular formula is C18H19N5O2. The quantitative estimate of drug-likeness (QED) is 0.734. The first-order chi connectivity index (χ1) is 11.9. The SMILES string of the molecule is COC(=O)c1c(C)nc(Nc2nc(C)c3cccc(C)c3n2)nc1C. The van der Waals surface area contributed by atoms with Gasteiger partial charge in [0.05, 0.1) is 29.7 Å². The molecule has 0 aliphatic carbocycles. The fourth-order valence-corrected chi connectivity index (χ4v) is 2.77. The smallest absolute Gasteiger partial charge is 0.341 e. The van der Waals surface area contributed by atoms with E-state index >= 15 is 0 Å². The number of nitrogens with one attached hydrogen (secondary N) is 1. The Bertz CT molecular complexity index is 962. The number of anilines is 2. The van der Waals surface area contributed by atoms with Crippen LogP contribution in [0.15, 0.2) is 18.2 Å². The van der Waals surface area contributed by atoms with Crippen LogP contribution in [0.2, 0.25) is 0 Å². The van der Waals surface area contributed by atoms with Crippen molar-refractivity contribution in [1.82, 2.24) is 19.9 Å². The summed E-state index contributed by atoms with van der Waals surface area (Å²) in [6, 6.07) is 5.99. The fraction of sp³-hybridized carbons (Fsp3) is 0.278. The van der Waals surface area contributed by atoms with Gasteiger partial charge in [-0.3, -0.25) is 5.32 Å². The summed E-state index contributed by atoms with van der Waals surface area (Å²) in [6.07, 6.45) is 0. The third-order valence-corrected chi connectivity index (χ3v) is 4.00. The molecule has 0 atom stereocenters. The number of rotatable bonds is 3. The van der Waals surface area contributed by atoms with Gasteiger partial charge in [0, 0.05) is 5.39 Å². The number of para-hydroxylation sites is 1. The first kappa shape index (κ1) is 16.8. The van der Waals surface area contributed by atoms with Crippen molar-refractivity contribution in [3.05, 3.63) is 46.4 Å². The van der Waals surface area contributed by atoms with E-state index in [0.717, 1.165) is 22.2 Å². The van der Waals surface area contributed by atoms with Gasteiger partial charge in [-0.1, -0.05) is 18.2 Å². The lowest BCUT2D eigenvalue weighted by Gasteiger charge is -2.11. The van der Waals surface area contributed by atoms with Crippen molar-refractivity contribution < 1.29 is 9.53 Å². The molecule has 0 bridgehead atoms. The maximum absolute atomic E-state index is 11.8. The molecule has 0 unspecified atom stereocenters. The number of esters is 1. The van der Waals surface area contributed by atoms with Crippen LogP contribution in [0.5, 0.6) is 0 Å². The van der Waals surface area contributed by atoms with E-state index in [9.17, 15) is 4.79 Å². The molecule has 3 rings (SSSR count). The zero-order valence-electron chi connectivity index (χ0n) is 14.8. The van der Waals surface area contributed by atoms with Crippen LogP contribution >= 0.6 is 0 Å². The first-order valence-electron chi connectivity index (χ1n) is 7.85. The fourth-order valence-electron chi connectivity index (χ4n) is 2.77. The van der Waals surface area contributed by atoms with Crippen LogP contribution < -0.4 is 5.32 Å². The third kappa shape index (κ3) is 3.13. The van der Waals surface area contributed by atoms with Gasteiger partial charge in [-0.2, -0.15) is 0 Å². The van der Waals surface area contributed by atoms with Gasteiger partial charge in [-0.05, 0) is 33.3 Å². The molecule has 7 nitrogen and oxygen atoms in total. The van der Waals surface area contributed by atoms with E-state index in [1.807, 2.05) is 32.0 Å². The van der Waals surface area contributed by atoms with Gasteiger partial charge in [0.25, 0.3) is 0 Å². The maximum atomic E-state index is 11.8. The van der Waals surface area contributed by atoms with Crippen LogP contribution in [-0.2, 0) is 4.74 Å². The van der Waals surface area contributed by atoms with Crippen molar-refractivity contribution in [2.45, 2.75) is 27.7 Å². The van der Waals surface area contributed by atoms with Gasteiger partial charge in [0.1, 0.15) is 5.56 Å². The van der Waals surface area contributed by atoms with Crippen LogP contribution in [0.4, 0.5) is 11.9 Å². The second-order valence-electron chi connectivity index (χ2n) is 5.81. The van der Waals surface area contributed by atoms with E-state index in [2.05, 4.69) is 25.3 Å². The summed E-state index contributed by atoms with van der Waals surface area (Å²) in [7, 11) is 1.33. The minimum atomic E-state index is -0.449. The van der Waals surface area contributed by atoms with Crippen LogP contribution in [0.1, 0.15) is 33.0 Å². The number of carbonyl (C=O) groups excluding carboxylic acids is 1. The Balaban J connectivity index is 2.02. The molecule has 128 valence electrons. The van der Waals surface area contributed by atoms with Gasteiger partial charge in [0.15, 0.2) is 0 Å². The summed E-state index contributed by atoms with van der Waals surface area (Å²) in [5.41, 5.74) is 4.28. The number of ether oxygens (including phenoxy) is 1. The normalized spacial score (nSPS) is 10.8. The molecule has 0 radical (unpaired) electrons. The highest BCUT2D eigenvalue weighted by Crippen LogP contribution is 2.22. The summed E-state index contributed by atoms with van der Waals surface area (Å²) < 4.78 is 4.77. The highest BCUT2D eigenvalue weighted by Gasteiger charge is 2.17. The number of methoxy groups -OCH3 is 1. The van der Waals surface area contributed by atoms with Crippen LogP contribution in [0, 0.1) is 27.7 Å². The molecule has 25 heavy (non-hydrogen) atoms. The number of hydrogen-bond donors (Lipinski definition) is 1. The maximum Gasteiger partial charge on any atom is 0.341 e. The number of carbonyl (C=O) groups is 1. The standard InChI is InChI=1S/C18H19N5O2/c1-9-7-6-8-13-10(2)19-18(22-15(9)13)23-17-20-11(3)14(12(4)21-17)16(24)25-5/h6-8H,1-5H3,(H,19,20,21,22,23). The van der Waals surface area contributed by atoms with Gasteiger partial charge in [-0.15, -0.1) is 0 Å². The summed E-state index contributed by atoms with van der Waals surface area (Å²) in [5.74, 6) is 0.314. The Morgan fingerprint density at radius 1 is 0.920 bits per heavy atom. The van der Waals surface area contributed by atoms with Crippen LogP contribution in [0.25, 0.3) is 10.9 Å². The first-order valence-corrected chi connectivity index (χ1v) is 7.85. The molecule has 0 saturated heterocycles. The number of fused-ring (bicyclic) bond motifs is 1. The van der Waals surface area contributed by atoms with Crippen LogP contribution in [0.3, 0.4) is 0 Å². The molecule has 1 N–H and O–H groups in total. The Labute approximate surface area is 145 Å². The third-order valence-electron chi connectivity index (χ3n) is 4.00. The Kier molecular flexibility index (Phi) is 4.31. The van der Waals surface area contributed by atoms with E-state index in [1.165, 1.54) is 7.11 Å². The Hall–Kier alpha value is -3.09. The van der Waals surface area contributed by atoms with E-state index in [0.29, 0.717) is 28.8 Å². The average Bonchev–Trinajstić information content (AvgIpc) is 2.55. The number of nitrogens with zero attached hydrogens (tertiary/aromatic N) is 4. The lowest BCUT2D eigenvalue weighted by Crippen LogP contribution is -2.12. The molecule has 0 fully saturated rings. The van der Waals surface area contributed by atoms with Gasteiger partial charge in [-0.25, -0.2) is 24.7 Å². The Morgan fingerprint density at radius 2 is 1.52 bits per heavy atom. The summed E-state index contributed by atoms with van der Waals surface area (Å²) in [4.78, 5) is 29.5. The summed E-state index contributed by atoms with van der Waals surface area (Å²) in [6.45, 7) is 7.42. The second-order valence-corrected chi connectivity index (χ2v) is 5.81. The molecule has 0 saturated carbocycles. The van der Waals surface area contributed by atoms with E-state index in [1.54, 1.807) is 13.8 Å². The predicted molar refractivity (Wildman–Crippen MR) is 95.1 cm³/mol. The molecule has 0 amide bonds. The largest absolute Gasteiger partial charge is 0.465 e. The highest BCUT2D eigenvalue weighted by molar-refractivity contribution is 5.91. The van der Waals surface area contributed by atoms with Crippen molar-refractivity contribution in [3.63, 3.8) is 0 Å². The van der Waals surface area contributed by atoms with Gasteiger partial charge in [0.2, 0.25) is 11.9 Å². The molecule has 1 aromatic carbocycles. The minimum absolute atomic E-state index is 0.343. The zero-order valence-corrected chi connectivity index (χ0v) is 14.8. The number of benzene rings is 1. The molecule has 0 spiro atoms. The van der Waals surface area contributed by atoms with Crippen molar-refractivity contribution in [2.24, 2.45) is 0 Å². The van der Waals surface area contributed by atoms with E-state index in [-0.39, 0.29) is 0 Å². The van der Waals surface area contributed by atoms with Gasteiger partial charge >= 0.3 is 5.97 Å². The number of hydrogen-bond acceptors (Lipinski definition) is 7. The van der Waals surface area contributed by atoms with Crippen molar-refractivity contribution in [3.8, 4) is 0 Å². The molecular weight excluding hydrogens is 318 g/mol. The van der Waals surface area contributed by atoms with E-state index < -0.39 is 5.97 Å².